The molecule has 0 amide bonds. The van der Waals surface area contributed by atoms with Crippen LogP contribution in [0.2, 0.25) is 0 Å². The Balaban J connectivity index is 1.68. The van der Waals surface area contributed by atoms with E-state index in [1.54, 1.807) is 17.9 Å². The maximum absolute atomic E-state index is 13.9. The highest BCUT2D eigenvalue weighted by Crippen LogP contribution is 2.46. The summed E-state index contributed by atoms with van der Waals surface area (Å²) in [7, 11) is 1.65. The monoisotopic (exact) mass is 459 g/mol. The number of aromatic nitrogens is 3. The van der Waals surface area contributed by atoms with E-state index in [1.165, 1.54) is 17.7 Å². The van der Waals surface area contributed by atoms with Crippen molar-refractivity contribution in [2.75, 3.05) is 7.11 Å². The van der Waals surface area contributed by atoms with Gasteiger partial charge in [0.1, 0.15) is 27.9 Å². The number of methoxy groups -OCH3 is 1. The Bertz CT molecular complexity index is 1580. The molecular formula is C25H21N3O4S. The number of thiophene rings is 1. The van der Waals surface area contributed by atoms with Crippen molar-refractivity contribution < 1.29 is 14.3 Å². The second-order valence-corrected chi connectivity index (χ2v) is 9.41. The van der Waals surface area contributed by atoms with Crippen LogP contribution in [0.5, 0.6) is 11.5 Å². The van der Waals surface area contributed by atoms with Gasteiger partial charge in [0.25, 0.3) is 5.56 Å². The third-order valence-electron chi connectivity index (χ3n) is 6.25. The van der Waals surface area contributed by atoms with E-state index < -0.39 is 0 Å². The summed E-state index contributed by atoms with van der Waals surface area (Å²) >= 11 is 1.34. The molecule has 0 saturated heterocycles. The van der Waals surface area contributed by atoms with E-state index in [0.717, 1.165) is 35.3 Å². The Kier molecular flexibility index (Phi) is 4.51. The van der Waals surface area contributed by atoms with Crippen LogP contribution in [0.1, 0.15) is 35.6 Å². The molecule has 1 saturated carbocycles. The van der Waals surface area contributed by atoms with E-state index in [2.05, 4.69) is 4.98 Å². The number of hydrogen-bond donors (Lipinski definition) is 1. The predicted octanol–water partition coefficient (Wildman–Crippen LogP) is 5.21. The van der Waals surface area contributed by atoms with Crippen molar-refractivity contribution in [1.29, 1.82) is 0 Å². The van der Waals surface area contributed by atoms with Crippen LogP contribution in [0.3, 0.4) is 0 Å². The predicted molar refractivity (Wildman–Crippen MR) is 127 cm³/mol. The van der Waals surface area contributed by atoms with Gasteiger partial charge in [0.05, 0.1) is 29.9 Å². The number of phenolic OH excluding ortho intramolecular Hbond substituents is 1. The molecule has 5 aromatic rings. The topological polar surface area (TPSA) is 90.4 Å². The minimum Gasteiger partial charge on any atom is -0.506 e. The lowest BCUT2D eigenvalue weighted by Gasteiger charge is -2.15. The van der Waals surface area contributed by atoms with Crippen LogP contribution in [0.25, 0.3) is 31.7 Å². The Morgan fingerprint density at radius 3 is 2.85 bits per heavy atom. The van der Waals surface area contributed by atoms with Crippen LogP contribution >= 0.6 is 11.3 Å². The van der Waals surface area contributed by atoms with Gasteiger partial charge in [-0.05, 0) is 55.0 Å². The molecule has 1 aliphatic rings. The lowest BCUT2D eigenvalue weighted by Crippen LogP contribution is -2.24. The minimum atomic E-state index is -0.168. The lowest BCUT2D eigenvalue weighted by molar-refractivity contribution is 0.414. The number of nitrogens with zero attached hydrogens (tertiary/aromatic N) is 3. The number of benzene rings is 2. The van der Waals surface area contributed by atoms with Crippen LogP contribution in [-0.4, -0.2) is 26.8 Å². The maximum Gasteiger partial charge on any atom is 0.263 e. The normalized spacial score (nSPS) is 13.8. The van der Waals surface area contributed by atoms with E-state index >= 15 is 0 Å². The molecule has 0 atom stereocenters. The van der Waals surface area contributed by atoms with Gasteiger partial charge in [-0.3, -0.25) is 9.36 Å². The molecule has 2 aromatic carbocycles. The molecule has 0 radical (unpaired) electrons. The fourth-order valence-corrected chi connectivity index (χ4v) is 5.50. The van der Waals surface area contributed by atoms with Gasteiger partial charge in [0.2, 0.25) is 0 Å². The summed E-state index contributed by atoms with van der Waals surface area (Å²) in [4.78, 5) is 23.5. The molecule has 0 aliphatic heterocycles. The number of hydrogen-bond acceptors (Lipinski definition) is 7. The molecule has 3 aromatic heterocycles. The highest BCUT2D eigenvalue weighted by Gasteiger charge is 2.29. The number of aromatic hydroxyl groups is 1. The Morgan fingerprint density at radius 2 is 2.12 bits per heavy atom. The average molecular weight is 460 g/mol. The van der Waals surface area contributed by atoms with Crippen molar-refractivity contribution in [2.24, 2.45) is 0 Å². The van der Waals surface area contributed by atoms with Gasteiger partial charge in [-0.2, -0.15) is 0 Å². The molecule has 0 bridgehead atoms. The Morgan fingerprint density at radius 1 is 1.27 bits per heavy atom. The minimum absolute atomic E-state index is 0.168. The maximum atomic E-state index is 13.9. The van der Waals surface area contributed by atoms with Crippen molar-refractivity contribution in [3.8, 4) is 22.9 Å². The largest absolute Gasteiger partial charge is 0.506 e. The fraction of sp³-hybridized carbons (Fsp3) is 0.240. The number of aryl methyl sites for hydroxylation is 1. The van der Waals surface area contributed by atoms with E-state index in [-0.39, 0.29) is 17.9 Å². The number of fused-ring (bicyclic) bond motifs is 3. The number of rotatable bonds is 5. The Labute approximate surface area is 192 Å². The van der Waals surface area contributed by atoms with Crippen LogP contribution < -0.4 is 10.3 Å². The van der Waals surface area contributed by atoms with Crippen molar-refractivity contribution in [1.82, 2.24) is 14.5 Å². The van der Waals surface area contributed by atoms with Crippen molar-refractivity contribution in [3.05, 3.63) is 70.2 Å². The first kappa shape index (κ1) is 20.0. The summed E-state index contributed by atoms with van der Waals surface area (Å²) in [6.45, 7) is 2.06. The molecule has 3 heterocycles. The highest BCUT2D eigenvalue weighted by molar-refractivity contribution is 7.25. The van der Waals surface area contributed by atoms with Gasteiger partial charge < -0.3 is 14.3 Å². The zero-order valence-corrected chi connectivity index (χ0v) is 19.0. The first-order chi connectivity index (χ1) is 16.0. The smallest absolute Gasteiger partial charge is 0.263 e. The standard InChI is InChI=1S/C25H21N3O4S/c1-13-3-7-18-20-24(33-22(18)21(13)29)27-23(28(25(20)30)11-16-10-26-12-32-16)17-8-6-15(31-2)9-19(17)14-4-5-14/h3,6-10,12,14,29H,4-5,11H2,1-2H3. The second kappa shape index (κ2) is 7.45. The van der Waals surface area contributed by atoms with Crippen LogP contribution in [0, 0.1) is 6.92 Å². The van der Waals surface area contributed by atoms with Crippen LogP contribution in [0.4, 0.5) is 0 Å². The molecule has 7 nitrogen and oxygen atoms in total. The SMILES string of the molecule is COc1ccc(-c2nc3sc4c(O)c(C)ccc4c3c(=O)n2Cc2cnco2)c(C2CC2)c1. The first-order valence-corrected chi connectivity index (χ1v) is 11.6. The molecule has 1 N–H and O–H groups in total. The number of ether oxygens (including phenoxy) is 1. The molecular weight excluding hydrogens is 438 g/mol. The third-order valence-corrected chi connectivity index (χ3v) is 7.36. The molecule has 6 rings (SSSR count). The van der Waals surface area contributed by atoms with Crippen LogP contribution in [0.15, 0.2) is 52.1 Å². The fourth-order valence-electron chi connectivity index (χ4n) is 4.34. The zero-order chi connectivity index (χ0) is 22.7. The van der Waals surface area contributed by atoms with Gasteiger partial charge in [-0.15, -0.1) is 11.3 Å². The van der Waals surface area contributed by atoms with Gasteiger partial charge in [0, 0.05) is 10.9 Å². The van der Waals surface area contributed by atoms with E-state index in [4.69, 9.17) is 14.1 Å². The zero-order valence-electron chi connectivity index (χ0n) is 18.2. The molecule has 8 heteroatoms. The molecule has 1 fully saturated rings. The van der Waals surface area contributed by atoms with Gasteiger partial charge >= 0.3 is 0 Å². The van der Waals surface area contributed by atoms with Crippen molar-refractivity contribution in [3.63, 3.8) is 0 Å². The molecule has 0 spiro atoms. The number of oxazole rings is 1. The molecule has 0 unspecified atom stereocenters. The summed E-state index contributed by atoms with van der Waals surface area (Å²) in [5.74, 6) is 2.56. The average Bonchev–Trinajstić information content (AvgIpc) is 3.41. The first-order valence-electron chi connectivity index (χ1n) is 10.8. The highest BCUT2D eigenvalue weighted by atomic mass is 32.1. The third kappa shape index (κ3) is 3.21. The quantitative estimate of drug-likeness (QED) is 0.388. The molecule has 1 aliphatic carbocycles. The Hall–Kier alpha value is -3.65. The lowest BCUT2D eigenvalue weighted by atomic mass is 10.0. The summed E-state index contributed by atoms with van der Waals surface area (Å²) < 4.78 is 13.3. The van der Waals surface area contributed by atoms with Crippen LogP contribution in [-0.2, 0) is 6.54 Å². The summed E-state index contributed by atoms with van der Waals surface area (Å²) in [5.41, 5.74) is 2.64. The summed E-state index contributed by atoms with van der Waals surface area (Å²) in [6.07, 6.45) is 5.17. The number of phenols is 1. The van der Waals surface area contributed by atoms with Crippen molar-refractivity contribution >= 4 is 31.6 Å². The summed E-state index contributed by atoms with van der Waals surface area (Å²) in [5, 5.41) is 11.9. The van der Waals surface area contributed by atoms with Gasteiger partial charge in [-0.25, -0.2) is 9.97 Å². The van der Waals surface area contributed by atoms with Gasteiger partial charge in [0.15, 0.2) is 6.39 Å². The van der Waals surface area contributed by atoms with Gasteiger partial charge in [-0.1, -0.05) is 12.1 Å². The molecule has 166 valence electrons. The van der Waals surface area contributed by atoms with E-state index in [1.807, 2.05) is 37.3 Å². The molecule has 33 heavy (non-hydrogen) atoms. The van der Waals surface area contributed by atoms with E-state index in [0.29, 0.717) is 37.8 Å². The van der Waals surface area contributed by atoms with E-state index in [9.17, 15) is 9.90 Å². The summed E-state index contributed by atoms with van der Waals surface area (Å²) in [6, 6.07) is 9.63. The second-order valence-electron chi connectivity index (χ2n) is 8.41. The van der Waals surface area contributed by atoms with Crippen molar-refractivity contribution in [2.45, 2.75) is 32.2 Å².